The molecular weight excluding hydrogens is 244 g/mol. The molecule has 0 amide bonds. The van der Waals surface area contributed by atoms with Crippen molar-refractivity contribution in [2.24, 2.45) is 0 Å². The summed E-state index contributed by atoms with van der Waals surface area (Å²) in [6.07, 6.45) is 1.59. The van der Waals surface area contributed by atoms with Gasteiger partial charge in [-0.2, -0.15) is 19.0 Å². The third-order valence-electron chi connectivity index (χ3n) is 3.96. The van der Waals surface area contributed by atoms with Crippen LogP contribution in [0.15, 0.2) is 0 Å². The van der Waals surface area contributed by atoms with E-state index in [-0.39, 0.29) is 12.3 Å². The Kier molecular flexibility index (Phi) is 3.87. The van der Waals surface area contributed by atoms with Gasteiger partial charge in [-0.05, 0) is 13.8 Å². The maximum atomic E-state index is 5.80. The van der Waals surface area contributed by atoms with Crippen molar-refractivity contribution in [2.45, 2.75) is 32.6 Å². The Balaban J connectivity index is 2.43. The second kappa shape index (κ2) is 5.27. The van der Waals surface area contributed by atoms with Crippen LogP contribution in [-0.2, 0) is 9.47 Å². The van der Waals surface area contributed by atoms with Crippen LogP contribution in [0.4, 0.5) is 0 Å². The summed E-state index contributed by atoms with van der Waals surface area (Å²) in [4.78, 5) is 4.37. The van der Waals surface area contributed by atoms with Crippen molar-refractivity contribution in [3.05, 3.63) is 0 Å². The molecule has 2 rings (SSSR count). The van der Waals surface area contributed by atoms with Gasteiger partial charge in [-0.3, -0.25) is 0 Å². The summed E-state index contributed by atoms with van der Waals surface area (Å²) in [6, 6.07) is 1.86. The lowest BCUT2D eigenvalue weighted by molar-refractivity contribution is -0.775. The van der Waals surface area contributed by atoms with E-state index in [4.69, 9.17) is 9.47 Å². The molecule has 2 bridgehead atoms. The van der Waals surface area contributed by atoms with Gasteiger partial charge in [0.05, 0.1) is 41.4 Å². The molecule has 2 heterocycles. The van der Waals surface area contributed by atoms with Crippen LogP contribution >= 0.6 is 0 Å². The zero-order valence-electron chi connectivity index (χ0n) is 12.9. The summed E-state index contributed by atoms with van der Waals surface area (Å²) < 4.78 is 16.0. The Labute approximate surface area is 115 Å². The lowest BCUT2D eigenvalue weighted by Gasteiger charge is -2.38. The molecule has 6 nitrogen and oxygen atoms in total. The van der Waals surface area contributed by atoms with E-state index in [0.29, 0.717) is 13.2 Å². The molecule has 0 N–H and O–H groups in total. The van der Waals surface area contributed by atoms with Crippen molar-refractivity contribution >= 4 is 12.0 Å². The summed E-state index contributed by atoms with van der Waals surface area (Å²) in [7, 11) is 8.31. The minimum atomic E-state index is 0.278. The van der Waals surface area contributed by atoms with Crippen LogP contribution in [0.3, 0.4) is 0 Å². The standard InChI is InChI=1S/C13H26N4O2/c1-7-18-12-14(3)10-9-11(15(12)4)17(6)13(16(10)5)19-8-2/h10-11H,7-9H2,1-6H3/q+2. The van der Waals surface area contributed by atoms with Crippen LogP contribution < -0.4 is 0 Å². The molecule has 0 aromatic heterocycles. The van der Waals surface area contributed by atoms with E-state index in [1.807, 2.05) is 13.8 Å². The molecule has 0 fully saturated rings. The summed E-state index contributed by atoms with van der Waals surface area (Å²) in [5.41, 5.74) is 0. The van der Waals surface area contributed by atoms with Gasteiger partial charge in [-0.15, -0.1) is 0 Å². The molecule has 108 valence electrons. The van der Waals surface area contributed by atoms with Crippen LogP contribution in [0.25, 0.3) is 0 Å². The molecule has 0 radical (unpaired) electrons. The number of ether oxygens (including phenoxy) is 2. The van der Waals surface area contributed by atoms with Gasteiger partial charge in [-0.1, -0.05) is 0 Å². The minimum absolute atomic E-state index is 0.278. The lowest BCUT2D eigenvalue weighted by Crippen LogP contribution is -2.66. The molecule has 0 saturated heterocycles. The molecule has 6 heteroatoms. The van der Waals surface area contributed by atoms with Crippen molar-refractivity contribution in [3.8, 4) is 0 Å². The van der Waals surface area contributed by atoms with Gasteiger partial charge in [0.1, 0.15) is 6.42 Å². The van der Waals surface area contributed by atoms with Gasteiger partial charge in [0.15, 0.2) is 0 Å². The predicted molar refractivity (Wildman–Crippen MR) is 73.4 cm³/mol. The van der Waals surface area contributed by atoms with Crippen molar-refractivity contribution in [3.63, 3.8) is 0 Å². The minimum Gasteiger partial charge on any atom is -0.432 e. The summed E-state index contributed by atoms with van der Waals surface area (Å²) in [6.45, 7) is 5.40. The molecule has 0 saturated carbocycles. The van der Waals surface area contributed by atoms with Gasteiger partial charge in [-0.25, -0.2) is 0 Å². The van der Waals surface area contributed by atoms with Gasteiger partial charge < -0.3 is 9.47 Å². The van der Waals surface area contributed by atoms with Gasteiger partial charge in [0.2, 0.25) is 12.3 Å². The van der Waals surface area contributed by atoms with Crippen LogP contribution in [0.5, 0.6) is 0 Å². The van der Waals surface area contributed by atoms with Crippen LogP contribution in [0.1, 0.15) is 20.3 Å². The molecule has 2 aliphatic rings. The predicted octanol–water partition coefficient (Wildman–Crippen LogP) is -0.0109. The highest BCUT2D eigenvalue weighted by molar-refractivity contribution is 5.73. The smallest absolute Gasteiger partial charge is 0.432 e. The highest BCUT2D eigenvalue weighted by Gasteiger charge is 2.52. The quantitative estimate of drug-likeness (QED) is 0.660. The Morgan fingerprint density at radius 2 is 1.42 bits per heavy atom. The van der Waals surface area contributed by atoms with Crippen molar-refractivity contribution in [2.75, 3.05) is 41.4 Å². The number of hydrogen-bond donors (Lipinski definition) is 0. The van der Waals surface area contributed by atoms with Crippen molar-refractivity contribution in [1.29, 1.82) is 0 Å². The molecule has 0 aliphatic carbocycles. The van der Waals surface area contributed by atoms with E-state index in [9.17, 15) is 0 Å². The Morgan fingerprint density at radius 3 is 1.79 bits per heavy atom. The van der Waals surface area contributed by atoms with Crippen LogP contribution in [0.2, 0.25) is 0 Å². The maximum Gasteiger partial charge on any atom is 0.452 e. The third kappa shape index (κ3) is 2.13. The first kappa shape index (κ1) is 14.0. The molecular formula is C13H26N4O2+2. The van der Waals surface area contributed by atoms with Crippen LogP contribution in [-0.4, -0.2) is 84.7 Å². The average molecular weight is 270 g/mol. The van der Waals surface area contributed by atoms with Crippen molar-refractivity contribution < 1.29 is 18.6 Å². The van der Waals surface area contributed by atoms with E-state index < -0.39 is 0 Å². The van der Waals surface area contributed by atoms with Gasteiger partial charge in [0, 0.05) is 0 Å². The first-order valence-corrected chi connectivity index (χ1v) is 6.93. The highest BCUT2D eigenvalue weighted by Crippen LogP contribution is 2.23. The van der Waals surface area contributed by atoms with Crippen molar-refractivity contribution in [1.82, 2.24) is 9.80 Å². The summed E-state index contributed by atoms with van der Waals surface area (Å²) in [5.74, 6) is 0. The largest absolute Gasteiger partial charge is 0.452 e. The van der Waals surface area contributed by atoms with Gasteiger partial charge in [0.25, 0.3) is 0 Å². The molecule has 2 aliphatic heterocycles. The third-order valence-corrected chi connectivity index (χ3v) is 3.96. The fourth-order valence-corrected chi connectivity index (χ4v) is 3.01. The SMILES string of the molecule is CCOC1=[N+](C)C2CC(N1C)N(C)C(OCC)=[N+]2C. The number of rotatable bonds is 2. The zero-order valence-corrected chi connectivity index (χ0v) is 12.9. The van der Waals surface area contributed by atoms with E-state index >= 15 is 0 Å². The average Bonchev–Trinajstić information content (AvgIpc) is 2.39. The second-order valence-electron chi connectivity index (χ2n) is 5.07. The number of amidine groups is 2. The molecule has 0 unspecified atom stereocenters. The molecule has 0 atom stereocenters. The Hall–Kier alpha value is -1.46. The lowest BCUT2D eigenvalue weighted by atomic mass is 10.1. The first-order valence-electron chi connectivity index (χ1n) is 6.93. The number of fused-ring (bicyclic) bond motifs is 2. The van der Waals surface area contributed by atoms with Gasteiger partial charge >= 0.3 is 12.0 Å². The summed E-state index contributed by atoms with van der Waals surface area (Å²) >= 11 is 0. The Bertz CT molecular complexity index is 383. The zero-order chi connectivity index (χ0) is 14.2. The molecule has 0 aromatic rings. The fourth-order valence-electron chi connectivity index (χ4n) is 3.01. The summed E-state index contributed by atoms with van der Waals surface area (Å²) in [5, 5.41) is 0. The normalized spacial score (nSPS) is 27.1. The monoisotopic (exact) mass is 270 g/mol. The van der Waals surface area contributed by atoms with Crippen LogP contribution in [0, 0.1) is 0 Å². The second-order valence-corrected chi connectivity index (χ2v) is 5.07. The topological polar surface area (TPSA) is 31.0 Å². The number of nitrogens with zero attached hydrogens (tertiary/aromatic N) is 4. The molecule has 19 heavy (non-hydrogen) atoms. The van der Waals surface area contributed by atoms with E-state index in [1.165, 1.54) is 0 Å². The van der Waals surface area contributed by atoms with E-state index in [2.05, 4.69) is 47.1 Å². The highest BCUT2D eigenvalue weighted by atomic mass is 16.5. The molecule has 0 spiro atoms. The van der Waals surface area contributed by atoms with E-state index in [1.54, 1.807) is 0 Å². The maximum absolute atomic E-state index is 5.80. The molecule has 0 aromatic carbocycles. The number of hydrogen-bond acceptors (Lipinski definition) is 4. The first-order chi connectivity index (χ1) is 9.02. The van der Waals surface area contributed by atoms with E-state index in [0.717, 1.165) is 18.5 Å². The Morgan fingerprint density at radius 1 is 1.00 bits per heavy atom. The fraction of sp³-hybridized carbons (Fsp3) is 0.846.